The molecule has 1 unspecified atom stereocenters. The van der Waals surface area contributed by atoms with Gasteiger partial charge in [-0.25, -0.2) is 9.18 Å². The van der Waals surface area contributed by atoms with Crippen molar-refractivity contribution in [1.82, 2.24) is 0 Å². The van der Waals surface area contributed by atoms with E-state index in [9.17, 15) is 9.18 Å². The Morgan fingerprint density at radius 1 is 1.35 bits per heavy atom. The van der Waals surface area contributed by atoms with Crippen molar-refractivity contribution < 1.29 is 13.9 Å². The van der Waals surface area contributed by atoms with Crippen LogP contribution in [-0.4, -0.2) is 13.1 Å². The lowest BCUT2D eigenvalue weighted by Crippen LogP contribution is -2.04. The zero-order valence-corrected chi connectivity index (χ0v) is 10.3. The van der Waals surface area contributed by atoms with Gasteiger partial charge in [0, 0.05) is 9.82 Å². The summed E-state index contributed by atoms with van der Waals surface area (Å²) >= 11 is 0. The summed E-state index contributed by atoms with van der Waals surface area (Å²) in [6.45, 7) is 0. The van der Waals surface area contributed by atoms with Gasteiger partial charge in [-0.05, 0) is 28.8 Å². The molecule has 0 fully saturated rings. The number of rotatable bonds is 5. The van der Waals surface area contributed by atoms with E-state index < -0.39 is 17.8 Å². The number of hydrogen-bond acceptors (Lipinski definition) is 4. The molecule has 0 saturated heterocycles. The largest absolute Gasteiger partial charge is 0.466 e. The molecule has 1 atom stereocenters. The third-order valence-corrected chi connectivity index (χ3v) is 2.25. The molecule has 0 aliphatic heterocycles. The van der Waals surface area contributed by atoms with E-state index in [4.69, 9.17) is 11.1 Å². The molecular formula is C11H9FN6O2. The van der Waals surface area contributed by atoms with Crippen LogP contribution in [0.3, 0.4) is 0 Å². The van der Waals surface area contributed by atoms with Crippen molar-refractivity contribution in [3.63, 3.8) is 0 Å². The van der Waals surface area contributed by atoms with Crippen LogP contribution in [0, 0.1) is 5.82 Å². The van der Waals surface area contributed by atoms with Crippen molar-refractivity contribution in [2.75, 3.05) is 7.11 Å². The lowest BCUT2D eigenvalue weighted by molar-refractivity contribution is -0.136. The minimum atomic E-state index is -0.930. The number of azide groups is 2. The number of ether oxygens (including phenoxy) is 1. The second-order valence-electron chi connectivity index (χ2n) is 3.43. The van der Waals surface area contributed by atoms with Gasteiger partial charge in [-0.1, -0.05) is 28.4 Å². The normalized spacial score (nSPS) is 11.8. The molecule has 0 aromatic heterocycles. The van der Waals surface area contributed by atoms with Gasteiger partial charge in [0.25, 0.3) is 0 Å². The molecule has 20 heavy (non-hydrogen) atoms. The van der Waals surface area contributed by atoms with Crippen LogP contribution >= 0.6 is 0 Å². The Hall–Kier alpha value is -3.02. The van der Waals surface area contributed by atoms with Crippen LogP contribution in [0.4, 0.5) is 4.39 Å². The lowest BCUT2D eigenvalue weighted by Gasteiger charge is -2.07. The fourth-order valence-corrected chi connectivity index (χ4v) is 1.36. The maximum Gasteiger partial charge on any atom is 0.339 e. The van der Waals surface area contributed by atoms with E-state index in [0.717, 1.165) is 13.2 Å². The molecule has 0 heterocycles. The predicted octanol–water partition coefficient (Wildman–Crippen LogP) is 3.54. The molecule has 0 amide bonds. The maximum absolute atomic E-state index is 12.8. The molecule has 9 heteroatoms. The van der Waals surface area contributed by atoms with Crippen LogP contribution in [0.5, 0.6) is 0 Å². The molecule has 8 nitrogen and oxygen atoms in total. The molecular weight excluding hydrogens is 267 g/mol. The first kappa shape index (κ1) is 15.0. The number of carbonyl (C=O) groups excluding carboxylic acids is 1. The molecule has 0 spiro atoms. The number of benzene rings is 1. The number of halogens is 1. The Bertz CT molecular complexity index is 614. The molecule has 0 saturated carbocycles. The van der Waals surface area contributed by atoms with Crippen LogP contribution < -0.4 is 0 Å². The van der Waals surface area contributed by atoms with Gasteiger partial charge in [0.2, 0.25) is 0 Å². The number of carbonyl (C=O) groups is 1. The van der Waals surface area contributed by atoms with Gasteiger partial charge >= 0.3 is 5.97 Å². The first-order chi connectivity index (χ1) is 9.62. The van der Waals surface area contributed by atoms with Crippen LogP contribution in [0.1, 0.15) is 11.6 Å². The molecule has 0 radical (unpaired) electrons. The summed E-state index contributed by atoms with van der Waals surface area (Å²) in [5, 5.41) is 6.62. The van der Waals surface area contributed by atoms with Crippen LogP contribution in [-0.2, 0) is 9.53 Å². The summed E-state index contributed by atoms with van der Waals surface area (Å²) in [5.74, 6) is -1.33. The van der Waals surface area contributed by atoms with E-state index in [0.29, 0.717) is 5.56 Å². The van der Waals surface area contributed by atoms with Crippen LogP contribution in [0.25, 0.3) is 20.9 Å². The van der Waals surface area contributed by atoms with E-state index in [1.54, 1.807) is 0 Å². The van der Waals surface area contributed by atoms with Crippen molar-refractivity contribution in [3.05, 3.63) is 68.3 Å². The topological polar surface area (TPSA) is 124 Å². The fraction of sp³-hybridized carbons (Fsp3) is 0.182. The van der Waals surface area contributed by atoms with E-state index >= 15 is 0 Å². The van der Waals surface area contributed by atoms with E-state index in [2.05, 4.69) is 24.8 Å². The first-order valence-electron chi connectivity index (χ1n) is 5.27. The Labute approximate surface area is 112 Å². The smallest absolute Gasteiger partial charge is 0.339 e. The Morgan fingerprint density at radius 3 is 2.50 bits per heavy atom. The molecule has 1 aromatic rings. The summed E-state index contributed by atoms with van der Waals surface area (Å²) in [5.41, 5.74) is 17.0. The summed E-state index contributed by atoms with van der Waals surface area (Å²) in [7, 11) is 1.11. The third kappa shape index (κ3) is 4.02. The Kier molecular flexibility index (Phi) is 5.58. The Morgan fingerprint density at radius 2 is 2.00 bits per heavy atom. The standard InChI is InChI=1S/C11H9FN6O2/c1-20-11(19)10(16-18-14)6-9(15-17-13)7-2-4-8(12)5-3-7/h2-6,9H,1H3/b10-6-. The van der Waals surface area contributed by atoms with Gasteiger partial charge in [0.15, 0.2) is 0 Å². The average molecular weight is 276 g/mol. The molecule has 1 aromatic carbocycles. The molecule has 0 N–H and O–H groups in total. The number of nitrogens with zero attached hydrogens (tertiary/aromatic N) is 6. The highest BCUT2D eigenvalue weighted by atomic mass is 19.1. The quantitative estimate of drug-likeness (QED) is 0.268. The second kappa shape index (κ2) is 7.42. The lowest BCUT2D eigenvalue weighted by atomic mass is 10.1. The highest BCUT2D eigenvalue weighted by molar-refractivity contribution is 5.88. The Balaban J connectivity index is 3.25. The van der Waals surface area contributed by atoms with Gasteiger partial charge < -0.3 is 4.74 Å². The number of esters is 1. The SMILES string of the molecule is COC(=O)/C(=C/C(N=[N+]=[N-])c1ccc(F)cc1)N=[N+]=[N-]. The minimum absolute atomic E-state index is 0.350. The summed E-state index contributed by atoms with van der Waals surface area (Å²) < 4.78 is 17.3. The highest BCUT2D eigenvalue weighted by Crippen LogP contribution is 2.22. The maximum atomic E-state index is 12.8. The molecule has 0 aliphatic rings. The monoisotopic (exact) mass is 276 g/mol. The van der Waals surface area contributed by atoms with Gasteiger partial charge in [0.1, 0.15) is 11.5 Å². The van der Waals surface area contributed by atoms with Crippen LogP contribution in [0.15, 0.2) is 46.3 Å². The molecule has 102 valence electrons. The summed E-state index contributed by atoms with van der Waals surface area (Å²) in [6.07, 6.45) is 1.14. The second-order valence-corrected chi connectivity index (χ2v) is 3.43. The van der Waals surface area contributed by atoms with Crippen molar-refractivity contribution in [2.24, 2.45) is 10.2 Å². The summed E-state index contributed by atoms with van der Waals surface area (Å²) in [6, 6.07) is 4.19. The van der Waals surface area contributed by atoms with Gasteiger partial charge in [0.05, 0.1) is 13.2 Å². The zero-order valence-electron chi connectivity index (χ0n) is 10.3. The van der Waals surface area contributed by atoms with Crippen molar-refractivity contribution in [1.29, 1.82) is 0 Å². The predicted molar refractivity (Wildman–Crippen MR) is 67.5 cm³/mol. The minimum Gasteiger partial charge on any atom is -0.466 e. The molecule has 1 rings (SSSR count). The highest BCUT2D eigenvalue weighted by Gasteiger charge is 2.13. The van der Waals surface area contributed by atoms with Crippen LogP contribution in [0.2, 0.25) is 0 Å². The van der Waals surface area contributed by atoms with Crippen molar-refractivity contribution in [2.45, 2.75) is 6.04 Å². The average Bonchev–Trinajstić information content (AvgIpc) is 2.46. The molecule has 0 aliphatic carbocycles. The third-order valence-electron chi connectivity index (χ3n) is 2.25. The van der Waals surface area contributed by atoms with Crippen molar-refractivity contribution >= 4 is 5.97 Å². The van der Waals surface area contributed by atoms with Gasteiger partial charge in [-0.2, -0.15) is 0 Å². The van der Waals surface area contributed by atoms with E-state index in [1.807, 2.05) is 0 Å². The number of methoxy groups -OCH3 is 1. The van der Waals surface area contributed by atoms with Crippen molar-refractivity contribution in [3.8, 4) is 0 Å². The number of hydrogen-bond donors (Lipinski definition) is 0. The fourth-order valence-electron chi connectivity index (χ4n) is 1.36. The summed E-state index contributed by atoms with van der Waals surface area (Å²) in [4.78, 5) is 16.5. The zero-order chi connectivity index (χ0) is 15.0. The first-order valence-corrected chi connectivity index (χ1v) is 5.27. The van der Waals surface area contributed by atoms with Gasteiger partial charge in [-0.3, -0.25) is 0 Å². The van der Waals surface area contributed by atoms with E-state index in [-0.39, 0.29) is 5.70 Å². The van der Waals surface area contributed by atoms with Gasteiger partial charge in [-0.15, -0.1) is 0 Å². The van der Waals surface area contributed by atoms with E-state index in [1.165, 1.54) is 24.3 Å². The molecule has 0 bridgehead atoms.